The van der Waals surface area contributed by atoms with E-state index in [9.17, 15) is 72.3 Å². The van der Waals surface area contributed by atoms with Gasteiger partial charge in [-0.05, 0) is 143 Å². The first-order valence-electron chi connectivity index (χ1n) is 39.2. The molecular formula is C94H74N12O18S4. The van der Waals surface area contributed by atoms with Crippen molar-refractivity contribution in [2.45, 2.75) is 61.1 Å². The molecule has 14 aromatic rings. The van der Waals surface area contributed by atoms with Crippen LogP contribution in [-0.4, -0.2) is 83.9 Å². The second-order valence-electron chi connectivity index (χ2n) is 30.8. The number of anilines is 4. The number of nitrogens with one attached hydrogen (secondary N) is 2. The monoisotopic (exact) mass is 1790 g/mol. The van der Waals surface area contributed by atoms with Gasteiger partial charge in [0.1, 0.15) is 53.8 Å². The van der Waals surface area contributed by atoms with Gasteiger partial charge in [0, 0.05) is 88.9 Å². The predicted octanol–water partition coefficient (Wildman–Crippen LogP) is 23.1. The molecule has 2 aliphatic rings. The summed E-state index contributed by atoms with van der Waals surface area (Å²) >= 11 is 0. The number of fused-ring (bicyclic) bond motifs is 6. The molecule has 34 heteroatoms. The van der Waals surface area contributed by atoms with Crippen LogP contribution in [0.15, 0.2) is 315 Å². The molecule has 2 aliphatic carbocycles. The van der Waals surface area contributed by atoms with Gasteiger partial charge in [0.15, 0.2) is 11.5 Å². The van der Waals surface area contributed by atoms with E-state index in [0.717, 1.165) is 35.4 Å². The number of carbonyl (C=O) groups excluding carboxylic acids is 2. The van der Waals surface area contributed by atoms with Gasteiger partial charge in [-0.15, -0.1) is 20.5 Å². The van der Waals surface area contributed by atoms with Gasteiger partial charge >= 0.3 is 0 Å². The average Bonchev–Trinajstić information content (AvgIpc) is 0.715. The van der Waals surface area contributed by atoms with E-state index >= 15 is 9.59 Å². The Kier molecular flexibility index (Phi) is 22.5. The summed E-state index contributed by atoms with van der Waals surface area (Å²) in [6.45, 7) is 10.2. The fourth-order valence-corrected chi connectivity index (χ4v) is 18.9. The van der Waals surface area contributed by atoms with E-state index in [1.165, 1.54) is 60.9 Å². The number of aliphatic hydroxyl groups excluding tert-OH is 2. The van der Waals surface area contributed by atoms with Gasteiger partial charge in [0.05, 0.1) is 56.6 Å². The van der Waals surface area contributed by atoms with Crippen molar-refractivity contribution in [2.24, 2.45) is 52.7 Å². The summed E-state index contributed by atoms with van der Waals surface area (Å²) in [6.07, 6.45) is 2.37. The van der Waals surface area contributed by atoms with Crippen LogP contribution in [0.1, 0.15) is 61.1 Å². The normalized spacial score (nSPS) is 14.3. The number of allylic oxidation sites excluding steroid dienone is 4. The van der Waals surface area contributed by atoms with Crippen molar-refractivity contribution >= 4 is 186 Å². The minimum absolute atomic E-state index is 0.0102. The molecule has 0 spiro atoms. The number of phenolic OH excluding ortho intramolecular Hbond substituents is 2. The number of aryl methyl sites for hydroxylation is 2. The van der Waals surface area contributed by atoms with Crippen molar-refractivity contribution in [2.75, 3.05) is 22.1 Å². The lowest BCUT2D eigenvalue weighted by Crippen LogP contribution is -2.20. The summed E-state index contributed by atoms with van der Waals surface area (Å²) in [5, 5.41) is 93.3. The van der Waals surface area contributed by atoms with Crippen molar-refractivity contribution < 1.29 is 81.9 Å². The highest BCUT2D eigenvalue weighted by Gasteiger charge is 2.40. The van der Waals surface area contributed by atoms with E-state index in [2.05, 4.69) is 51.5 Å². The summed E-state index contributed by atoms with van der Waals surface area (Å²) in [6, 6.07) is 59.7. The number of nitrogens with two attached hydrogens (primary N) is 2. The summed E-state index contributed by atoms with van der Waals surface area (Å²) in [7, 11) is -19.3. The lowest BCUT2D eigenvalue weighted by molar-refractivity contribution is -0.113. The van der Waals surface area contributed by atoms with Crippen LogP contribution in [0, 0.1) is 25.7 Å². The van der Waals surface area contributed by atoms with E-state index in [0.29, 0.717) is 44.4 Å². The highest BCUT2D eigenvalue weighted by molar-refractivity contribution is 7.87. The third-order valence-corrected chi connectivity index (χ3v) is 25.6. The number of nitrogen functional groups attached to an aromatic ring is 2. The molecule has 0 unspecified atom stereocenters. The van der Waals surface area contributed by atoms with E-state index in [1.807, 2.05) is 0 Å². The zero-order chi connectivity index (χ0) is 91.1. The molecule has 0 saturated carbocycles. The maximum Gasteiger partial charge on any atom is 0.295 e. The molecule has 0 fully saturated rings. The Balaban J connectivity index is 0.733. The Hall–Kier alpha value is -15.1. The Morgan fingerprint density at radius 2 is 0.562 bits per heavy atom. The van der Waals surface area contributed by atoms with Gasteiger partial charge in [-0.25, -0.2) is 0 Å². The van der Waals surface area contributed by atoms with E-state index in [1.54, 1.807) is 199 Å². The number of Topliss-reactive ketones (excluding diaryl/α,β-unsaturated/α-hetero) is 2. The highest BCUT2D eigenvalue weighted by Crippen LogP contribution is 2.55. The lowest BCUT2D eigenvalue weighted by Gasteiger charge is -2.29. The minimum atomic E-state index is -5.00. The molecule has 0 radical (unpaired) electrons. The lowest BCUT2D eigenvalue weighted by atomic mass is 9.75. The van der Waals surface area contributed by atoms with Gasteiger partial charge in [0.25, 0.3) is 40.5 Å². The van der Waals surface area contributed by atoms with Crippen LogP contribution in [0.3, 0.4) is 0 Å². The van der Waals surface area contributed by atoms with Gasteiger partial charge in [-0.2, -0.15) is 54.1 Å². The van der Waals surface area contributed by atoms with Gasteiger partial charge in [0.2, 0.25) is 11.6 Å². The van der Waals surface area contributed by atoms with Crippen LogP contribution in [0.4, 0.5) is 68.2 Å². The Bertz CT molecular complexity index is 7450. The molecule has 14 N–H and O–H groups in total. The number of benzene rings is 14. The number of hydrogen-bond donors (Lipinski definition) is 12. The molecule has 0 aromatic heterocycles. The maximum absolute atomic E-state index is 15.1. The largest absolute Gasteiger partial charge is 0.507 e. The average molecular weight is 1790 g/mol. The topological polar surface area (TPSA) is 508 Å². The first-order valence-corrected chi connectivity index (χ1v) is 45.0. The molecule has 0 atom stereocenters. The number of rotatable bonds is 21. The smallest absolute Gasteiger partial charge is 0.295 e. The Morgan fingerprint density at radius 1 is 0.320 bits per heavy atom. The number of nitrogens with zero attached hydrogens (tertiary/aromatic N) is 8. The van der Waals surface area contributed by atoms with Crippen molar-refractivity contribution in [3.05, 3.63) is 288 Å². The molecule has 0 heterocycles. The molecule has 128 heavy (non-hydrogen) atoms. The zero-order valence-electron chi connectivity index (χ0n) is 68.3. The van der Waals surface area contributed by atoms with Gasteiger partial charge < -0.3 is 42.5 Å². The number of aromatic hydroxyl groups is 2. The summed E-state index contributed by atoms with van der Waals surface area (Å²) in [5.74, 6) is -5.64. The SMILES string of the molecule is Cc1cc2c(c(O)c1-c1c(C)cc3c(c1O)C(=CNc1c(N=Nc4ccc(-c5ccc(N=Nc6cc(S(=O)(=O)O)c7ccccc7c6N)cc5)cc4)cc(S(=O)(=O)O)c4ccccc14)C(=O)C(O)=C3C(C)C)C(=CNc1c(N=Nc3ccc(-c4ccc(N=Nc5cc(S(=O)(=O)O)c6ccccc6c5N)cc4)cc3)cc(S(=O)(=O)O)c3ccccc13)C(=O)C(O)=C2C(C)C. The maximum atomic E-state index is 15.1. The molecule has 642 valence electrons. The standard InChI is InChI=1S/C94H74N12O18S4/c1-47(2)79-67-39-49(5)81(91(109)83(67)69(89(107)93(79)111)45-97-87-65-21-13-9-17-61(65)77(127(119,120)121)43-73(87)105-101-57-35-27-53(28-36-57)51-23-31-55(32-24-51)99-103-71-41-75(125(113,114)115)59-15-7-11-19-63(59)85(71)95)82-50(6)40-68-80(48(3)4)94(112)90(108)70(84(68)92(82)110)46-98-88-66-22-14-10-18-62(66)78(128(122,123)124)44-74(88)106-102-58-37-29-54(30-38-58)52-25-33-56(34-26-52)100-104-72-42-76(126(116,117)118)60-16-8-12-20-64(60)86(72)96/h7-48,97-98,109-112H,95-96H2,1-6H3,(H,113,114,115)(H,116,117,118)(H,119,120,121)(H,122,123,124). The molecule has 0 bridgehead atoms. The van der Waals surface area contributed by atoms with Crippen LogP contribution >= 0.6 is 0 Å². The predicted molar refractivity (Wildman–Crippen MR) is 491 cm³/mol. The van der Waals surface area contributed by atoms with Crippen LogP contribution < -0.4 is 22.1 Å². The third kappa shape index (κ3) is 16.3. The van der Waals surface area contributed by atoms with Crippen LogP contribution in [0.2, 0.25) is 0 Å². The Morgan fingerprint density at radius 3 is 0.828 bits per heavy atom. The quantitative estimate of drug-likeness (QED) is 0.0138. The molecule has 30 nitrogen and oxygen atoms in total. The number of phenols is 2. The fourth-order valence-electron chi connectivity index (χ4n) is 16.1. The third-order valence-electron chi connectivity index (χ3n) is 22.0. The fraction of sp³-hybridized carbons (Fsp3) is 0.0851. The van der Waals surface area contributed by atoms with Crippen LogP contribution in [0.25, 0.3) is 98.8 Å². The number of azo groups is 4. The second-order valence-corrected chi connectivity index (χ2v) is 36.4. The van der Waals surface area contributed by atoms with Crippen molar-refractivity contribution in [1.82, 2.24) is 0 Å². The number of aliphatic hydroxyl groups is 2. The van der Waals surface area contributed by atoms with Gasteiger partial charge in [-0.3, -0.25) is 27.8 Å². The van der Waals surface area contributed by atoms with Crippen molar-refractivity contribution in [3.8, 4) is 44.9 Å². The summed E-state index contributed by atoms with van der Waals surface area (Å²) in [4.78, 5) is 28.4. The summed E-state index contributed by atoms with van der Waals surface area (Å²) in [5.41, 5.74) is 17.1. The number of ketones is 2. The highest BCUT2D eigenvalue weighted by atomic mass is 32.2. The Labute approximate surface area is 731 Å². The second kappa shape index (κ2) is 33.4. The van der Waals surface area contributed by atoms with Crippen molar-refractivity contribution in [3.63, 3.8) is 0 Å². The van der Waals surface area contributed by atoms with Crippen molar-refractivity contribution in [1.29, 1.82) is 0 Å². The summed E-state index contributed by atoms with van der Waals surface area (Å²) < 4.78 is 144. The van der Waals surface area contributed by atoms with E-state index < -0.39 is 96.7 Å². The van der Waals surface area contributed by atoms with Crippen LogP contribution in [-0.2, 0) is 50.1 Å². The molecule has 0 aliphatic heterocycles. The molecule has 0 saturated heterocycles. The molecule has 0 amide bonds. The zero-order valence-corrected chi connectivity index (χ0v) is 71.5. The van der Waals surface area contributed by atoms with Crippen LogP contribution in [0.5, 0.6) is 11.5 Å². The first kappa shape index (κ1) is 86.4. The first-order chi connectivity index (χ1) is 60.8. The molecule has 14 aromatic carbocycles. The number of carbonyl (C=O) groups is 2. The van der Waals surface area contributed by atoms with Gasteiger partial charge in [-0.1, -0.05) is 185 Å². The number of hydrogen-bond acceptors (Lipinski definition) is 26. The molecule has 16 rings (SSSR count). The van der Waals surface area contributed by atoms with E-state index in [-0.39, 0.29) is 155 Å². The minimum Gasteiger partial charge on any atom is -0.507 e. The molecular weight excluding hydrogens is 1710 g/mol. The van der Waals surface area contributed by atoms with E-state index in [4.69, 9.17) is 11.5 Å².